The average Bonchev–Trinajstić information content (AvgIpc) is 2.39. The molecule has 0 N–H and O–H groups in total. The van der Waals surface area contributed by atoms with E-state index in [0.717, 1.165) is 0 Å². The SMILES string of the molecule is c1ccc(CC2(Cc3ccccc3)CCC2)cc1. The second kappa shape index (κ2) is 4.97. The highest BCUT2D eigenvalue weighted by atomic mass is 14.4. The summed E-state index contributed by atoms with van der Waals surface area (Å²) in [7, 11) is 0. The van der Waals surface area contributed by atoms with Gasteiger partial charge in [0.05, 0.1) is 0 Å². The van der Waals surface area contributed by atoms with Crippen LogP contribution in [-0.4, -0.2) is 0 Å². The molecular formula is C18H20. The molecule has 1 aliphatic carbocycles. The zero-order valence-corrected chi connectivity index (χ0v) is 10.8. The molecule has 18 heavy (non-hydrogen) atoms. The van der Waals surface area contributed by atoms with Gasteiger partial charge in [-0.2, -0.15) is 0 Å². The number of benzene rings is 2. The summed E-state index contributed by atoms with van der Waals surface area (Å²) in [6.07, 6.45) is 6.65. The van der Waals surface area contributed by atoms with Crippen LogP contribution >= 0.6 is 0 Å². The first-order valence-electron chi connectivity index (χ1n) is 6.94. The van der Waals surface area contributed by atoms with Crippen LogP contribution < -0.4 is 0 Å². The molecule has 2 aromatic carbocycles. The molecule has 3 rings (SSSR count). The fourth-order valence-electron chi connectivity index (χ4n) is 3.15. The lowest BCUT2D eigenvalue weighted by Crippen LogP contribution is -2.34. The highest BCUT2D eigenvalue weighted by molar-refractivity contribution is 5.21. The fraction of sp³-hybridized carbons (Fsp3) is 0.333. The summed E-state index contributed by atoms with van der Waals surface area (Å²) in [5.74, 6) is 0. The third-order valence-corrected chi connectivity index (χ3v) is 4.26. The van der Waals surface area contributed by atoms with Gasteiger partial charge in [0.25, 0.3) is 0 Å². The van der Waals surface area contributed by atoms with E-state index in [1.807, 2.05) is 0 Å². The Bertz CT molecular complexity index is 436. The van der Waals surface area contributed by atoms with Crippen LogP contribution in [0.25, 0.3) is 0 Å². The summed E-state index contributed by atoms with van der Waals surface area (Å²) >= 11 is 0. The molecule has 0 unspecified atom stereocenters. The zero-order valence-electron chi connectivity index (χ0n) is 10.8. The van der Waals surface area contributed by atoms with Gasteiger partial charge in [0.2, 0.25) is 0 Å². The Kier molecular flexibility index (Phi) is 3.19. The van der Waals surface area contributed by atoms with Gasteiger partial charge in [0.15, 0.2) is 0 Å². The van der Waals surface area contributed by atoms with Crippen molar-refractivity contribution < 1.29 is 0 Å². The molecule has 0 heterocycles. The predicted molar refractivity (Wildman–Crippen MR) is 76.6 cm³/mol. The molecule has 0 atom stereocenters. The first kappa shape index (κ1) is 11.5. The average molecular weight is 236 g/mol. The highest BCUT2D eigenvalue weighted by Crippen LogP contribution is 2.46. The molecule has 1 saturated carbocycles. The quantitative estimate of drug-likeness (QED) is 0.725. The normalized spacial score (nSPS) is 17.1. The van der Waals surface area contributed by atoms with Gasteiger partial charge in [-0.15, -0.1) is 0 Å². The molecule has 1 aliphatic rings. The molecule has 0 saturated heterocycles. The van der Waals surface area contributed by atoms with Crippen LogP contribution in [-0.2, 0) is 12.8 Å². The first-order chi connectivity index (χ1) is 8.86. The highest BCUT2D eigenvalue weighted by Gasteiger charge is 2.36. The maximum atomic E-state index is 2.27. The van der Waals surface area contributed by atoms with Crippen LogP contribution in [0, 0.1) is 5.41 Å². The van der Waals surface area contributed by atoms with Gasteiger partial charge < -0.3 is 0 Å². The van der Waals surface area contributed by atoms with Crippen molar-refractivity contribution >= 4 is 0 Å². The molecule has 0 aliphatic heterocycles. The molecular weight excluding hydrogens is 216 g/mol. The third kappa shape index (κ3) is 2.48. The van der Waals surface area contributed by atoms with Crippen molar-refractivity contribution in [2.24, 2.45) is 5.41 Å². The summed E-state index contributed by atoms with van der Waals surface area (Å²) in [6, 6.07) is 21.9. The fourth-order valence-corrected chi connectivity index (χ4v) is 3.15. The van der Waals surface area contributed by atoms with Gasteiger partial charge in [-0.05, 0) is 42.2 Å². The van der Waals surface area contributed by atoms with E-state index in [4.69, 9.17) is 0 Å². The molecule has 0 heteroatoms. The number of hydrogen-bond donors (Lipinski definition) is 0. The van der Waals surface area contributed by atoms with Gasteiger partial charge in [-0.3, -0.25) is 0 Å². The standard InChI is InChI=1S/C18H20/c1-3-8-16(9-4-1)14-18(12-7-13-18)15-17-10-5-2-6-11-17/h1-6,8-11H,7,12-15H2. The van der Waals surface area contributed by atoms with E-state index in [-0.39, 0.29) is 0 Å². The monoisotopic (exact) mass is 236 g/mol. The number of hydrogen-bond acceptors (Lipinski definition) is 0. The molecule has 0 aromatic heterocycles. The Morgan fingerprint density at radius 3 is 1.44 bits per heavy atom. The Balaban J connectivity index is 1.75. The van der Waals surface area contributed by atoms with Crippen molar-refractivity contribution in [3.05, 3.63) is 71.8 Å². The molecule has 1 fully saturated rings. The molecule has 0 bridgehead atoms. The summed E-state index contributed by atoms with van der Waals surface area (Å²) in [5, 5.41) is 0. The second-order valence-corrected chi connectivity index (χ2v) is 5.68. The van der Waals surface area contributed by atoms with Crippen molar-refractivity contribution in [2.75, 3.05) is 0 Å². The lowest BCUT2D eigenvalue weighted by atomic mass is 9.62. The van der Waals surface area contributed by atoms with Crippen LogP contribution in [0.15, 0.2) is 60.7 Å². The van der Waals surface area contributed by atoms with Crippen LogP contribution in [0.5, 0.6) is 0 Å². The summed E-state index contributed by atoms with van der Waals surface area (Å²) in [4.78, 5) is 0. The van der Waals surface area contributed by atoms with Crippen molar-refractivity contribution in [2.45, 2.75) is 32.1 Å². The van der Waals surface area contributed by atoms with E-state index in [9.17, 15) is 0 Å². The van der Waals surface area contributed by atoms with Gasteiger partial charge in [-0.25, -0.2) is 0 Å². The van der Waals surface area contributed by atoms with Crippen molar-refractivity contribution in [3.63, 3.8) is 0 Å². The summed E-state index contributed by atoms with van der Waals surface area (Å²) in [5.41, 5.74) is 3.52. The largest absolute Gasteiger partial charge is 0.0622 e. The maximum Gasteiger partial charge on any atom is -0.0217 e. The lowest BCUT2D eigenvalue weighted by Gasteiger charge is -2.42. The smallest absolute Gasteiger partial charge is 0.0217 e. The number of rotatable bonds is 4. The minimum absolute atomic E-state index is 0.530. The molecule has 0 radical (unpaired) electrons. The van der Waals surface area contributed by atoms with Crippen LogP contribution in [0.4, 0.5) is 0 Å². The summed E-state index contributed by atoms with van der Waals surface area (Å²) in [6.45, 7) is 0. The van der Waals surface area contributed by atoms with E-state index in [0.29, 0.717) is 5.41 Å². The van der Waals surface area contributed by atoms with Crippen LogP contribution in [0.1, 0.15) is 30.4 Å². The Morgan fingerprint density at radius 1 is 0.667 bits per heavy atom. The minimum atomic E-state index is 0.530. The van der Waals surface area contributed by atoms with Gasteiger partial charge >= 0.3 is 0 Å². The van der Waals surface area contributed by atoms with Crippen LogP contribution in [0.2, 0.25) is 0 Å². The van der Waals surface area contributed by atoms with E-state index in [1.54, 1.807) is 0 Å². The van der Waals surface area contributed by atoms with Gasteiger partial charge in [0.1, 0.15) is 0 Å². The predicted octanol–water partition coefficient (Wildman–Crippen LogP) is 4.64. The zero-order chi connectivity index (χ0) is 12.3. The third-order valence-electron chi connectivity index (χ3n) is 4.26. The molecule has 92 valence electrons. The van der Waals surface area contributed by atoms with Crippen molar-refractivity contribution in [1.29, 1.82) is 0 Å². The van der Waals surface area contributed by atoms with E-state index in [2.05, 4.69) is 60.7 Å². The van der Waals surface area contributed by atoms with Gasteiger partial charge in [0, 0.05) is 0 Å². The van der Waals surface area contributed by atoms with Crippen molar-refractivity contribution in [3.8, 4) is 0 Å². The molecule has 0 amide bonds. The molecule has 2 aromatic rings. The minimum Gasteiger partial charge on any atom is -0.0622 e. The first-order valence-corrected chi connectivity index (χ1v) is 6.94. The Labute approximate surface area is 110 Å². The van der Waals surface area contributed by atoms with E-state index < -0.39 is 0 Å². The molecule has 0 spiro atoms. The Morgan fingerprint density at radius 2 is 1.11 bits per heavy atom. The summed E-state index contributed by atoms with van der Waals surface area (Å²) < 4.78 is 0. The maximum absolute atomic E-state index is 2.27. The topological polar surface area (TPSA) is 0 Å². The van der Waals surface area contributed by atoms with E-state index >= 15 is 0 Å². The van der Waals surface area contributed by atoms with E-state index in [1.165, 1.54) is 43.2 Å². The Hall–Kier alpha value is -1.56. The van der Waals surface area contributed by atoms with Crippen molar-refractivity contribution in [1.82, 2.24) is 0 Å². The lowest BCUT2D eigenvalue weighted by molar-refractivity contribution is 0.133. The second-order valence-electron chi connectivity index (χ2n) is 5.68. The van der Waals surface area contributed by atoms with Crippen LogP contribution in [0.3, 0.4) is 0 Å². The van der Waals surface area contributed by atoms with Gasteiger partial charge in [-0.1, -0.05) is 67.1 Å². The molecule has 0 nitrogen and oxygen atoms in total.